The van der Waals surface area contributed by atoms with E-state index in [0.29, 0.717) is 15.9 Å². The number of Topliss-reactive ketones (excluding diaryl/α,β-unsaturated/α-hetero) is 1. The van der Waals surface area contributed by atoms with Crippen LogP contribution >= 0.6 is 6.89 Å². The Hall–Kier alpha value is -5.86. The lowest BCUT2D eigenvalue weighted by atomic mass is 9.86. The molecule has 51 heavy (non-hydrogen) atoms. The van der Waals surface area contributed by atoms with Crippen molar-refractivity contribution in [2.75, 3.05) is 6.61 Å². The molecule has 0 spiro atoms. The Labute approximate surface area is 295 Å². The van der Waals surface area contributed by atoms with Crippen LogP contribution in [0.1, 0.15) is 41.0 Å². The van der Waals surface area contributed by atoms with Crippen LogP contribution in [0, 0.1) is 0 Å². The van der Waals surface area contributed by atoms with Crippen molar-refractivity contribution in [2.24, 2.45) is 0 Å². The fourth-order valence-corrected chi connectivity index (χ4v) is 11.2. The zero-order chi connectivity index (χ0) is 36.3. The van der Waals surface area contributed by atoms with Crippen LogP contribution < -0.4 is 15.9 Å². The third kappa shape index (κ3) is 5.91. The first-order valence-electron chi connectivity index (χ1n) is 16.4. The molecule has 2 heterocycles. The van der Waals surface area contributed by atoms with E-state index in [0.717, 1.165) is 16.7 Å². The Morgan fingerprint density at radius 3 is 1.63 bits per heavy atom. The zero-order valence-corrected chi connectivity index (χ0v) is 28.9. The SMILES string of the molecule is C=CCOC(=O)C(N1C(=O)[C@@H](N2C(=O)c3ccccc3C2=O)[C@@H]1C(OC(C)=O)C(=O)CC)=P(c1ccccc1)(c1ccccc1)c1ccccc1. The molecule has 11 heteroatoms. The van der Waals surface area contributed by atoms with Crippen molar-refractivity contribution in [2.45, 2.75) is 38.5 Å². The summed E-state index contributed by atoms with van der Waals surface area (Å²) < 4.78 is 11.4. The minimum atomic E-state index is -3.44. The Morgan fingerprint density at radius 1 is 0.765 bits per heavy atom. The number of ketones is 1. The first kappa shape index (κ1) is 35.0. The van der Waals surface area contributed by atoms with Gasteiger partial charge in [0.1, 0.15) is 24.1 Å². The quantitative estimate of drug-likeness (QED) is 0.0721. The fourth-order valence-electron chi connectivity index (χ4n) is 6.84. The van der Waals surface area contributed by atoms with Crippen molar-refractivity contribution in [3.63, 3.8) is 0 Å². The van der Waals surface area contributed by atoms with E-state index in [-0.39, 0.29) is 29.6 Å². The second-order valence-electron chi connectivity index (χ2n) is 11.9. The molecule has 10 nitrogen and oxygen atoms in total. The van der Waals surface area contributed by atoms with Gasteiger partial charge in [0.2, 0.25) is 0 Å². The van der Waals surface area contributed by atoms with Crippen LogP contribution in [0.3, 0.4) is 0 Å². The maximum atomic E-state index is 15.0. The topological polar surface area (TPSA) is 127 Å². The van der Waals surface area contributed by atoms with Gasteiger partial charge in [0.25, 0.3) is 17.7 Å². The van der Waals surface area contributed by atoms with Crippen LogP contribution in [0.15, 0.2) is 128 Å². The molecule has 2 aliphatic heterocycles. The lowest BCUT2D eigenvalue weighted by Crippen LogP contribution is -2.78. The van der Waals surface area contributed by atoms with Gasteiger partial charge in [-0.1, -0.05) is 123 Å². The van der Waals surface area contributed by atoms with Crippen LogP contribution in [-0.4, -0.2) is 75.5 Å². The standard InChI is InChI=1S/C40H35N2O8P/c1-4-25-49-40(48)39(51(27-17-9-6-10-18-27,28-19-11-7-12-20-28)29-21-13-8-14-22-29)42-33(35(32(44)5-2)50-26(3)43)34(38(42)47)41-36(45)30-23-15-16-24-31(30)37(41)46/h4,6-24,33-35H,1,5,25H2,2-3H3/t33-,34+,35?/m1/s1. The van der Waals surface area contributed by atoms with Gasteiger partial charge in [-0.3, -0.25) is 33.8 Å². The largest absolute Gasteiger partial charge is 0.457 e. The molecule has 3 amide bonds. The number of ether oxygens (including phenoxy) is 2. The van der Waals surface area contributed by atoms with E-state index in [1.54, 1.807) is 19.1 Å². The molecule has 4 aromatic rings. The zero-order valence-electron chi connectivity index (χ0n) is 28.0. The molecule has 0 bridgehead atoms. The van der Waals surface area contributed by atoms with E-state index >= 15 is 0 Å². The van der Waals surface area contributed by atoms with Gasteiger partial charge in [-0.05, 0) is 28.0 Å². The average Bonchev–Trinajstić information content (AvgIpc) is 3.40. The lowest BCUT2D eigenvalue weighted by Gasteiger charge is -2.53. The van der Waals surface area contributed by atoms with Crippen LogP contribution in [0.2, 0.25) is 0 Å². The number of imide groups is 1. The molecule has 1 saturated heterocycles. The highest BCUT2D eigenvalue weighted by Crippen LogP contribution is 2.50. The molecule has 1 fully saturated rings. The normalized spacial score (nSPS) is 17.3. The summed E-state index contributed by atoms with van der Waals surface area (Å²) in [5.41, 5.74) is 0.0668. The Kier molecular flexibility index (Phi) is 9.98. The predicted molar refractivity (Wildman–Crippen MR) is 194 cm³/mol. The fraction of sp³-hybridized carbons (Fsp3) is 0.175. The van der Waals surface area contributed by atoms with E-state index in [4.69, 9.17) is 9.47 Å². The minimum absolute atomic E-state index is 0.0904. The molecule has 3 atom stereocenters. The van der Waals surface area contributed by atoms with Gasteiger partial charge in [0, 0.05) is 20.2 Å². The van der Waals surface area contributed by atoms with Gasteiger partial charge >= 0.3 is 11.9 Å². The number of likely N-dealkylation sites (tertiary alicyclic amines) is 1. The van der Waals surface area contributed by atoms with Gasteiger partial charge in [-0.2, -0.15) is 0 Å². The first-order chi connectivity index (χ1) is 24.7. The van der Waals surface area contributed by atoms with E-state index in [2.05, 4.69) is 6.58 Å². The summed E-state index contributed by atoms with van der Waals surface area (Å²) in [5, 5.41) is 2.03. The highest BCUT2D eigenvalue weighted by atomic mass is 31.2. The molecule has 0 aliphatic carbocycles. The molecule has 4 aromatic carbocycles. The Bertz CT molecular complexity index is 1960. The first-order valence-corrected chi connectivity index (χ1v) is 18.2. The van der Waals surface area contributed by atoms with Gasteiger partial charge in [0.05, 0.1) is 11.1 Å². The maximum absolute atomic E-state index is 15.0. The average molecular weight is 703 g/mol. The van der Waals surface area contributed by atoms with Crippen LogP contribution in [0.5, 0.6) is 0 Å². The number of nitrogens with zero attached hydrogens (tertiary/aromatic N) is 2. The summed E-state index contributed by atoms with van der Waals surface area (Å²) in [6, 6.07) is 30.7. The van der Waals surface area contributed by atoms with E-state index in [1.165, 1.54) is 18.2 Å². The molecule has 0 radical (unpaired) electrons. The smallest absolute Gasteiger partial charge is 0.356 e. The number of amides is 3. The van der Waals surface area contributed by atoms with E-state index in [9.17, 15) is 28.8 Å². The van der Waals surface area contributed by atoms with Crippen LogP contribution in [-0.2, 0) is 28.7 Å². The van der Waals surface area contributed by atoms with Gasteiger partial charge in [0.15, 0.2) is 11.9 Å². The van der Waals surface area contributed by atoms with Crippen molar-refractivity contribution in [3.8, 4) is 0 Å². The number of carbonyl (C=O) groups excluding carboxylic acids is 6. The number of rotatable bonds is 12. The van der Waals surface area contributed by atoms with Crippen molar-refractivity contribution in [3.05, 3.63) is 139 Å². The van der Waals surface area contributed by atoms with Gasteiger partial charge < -0.3 is 9.47 Å². The number of benzene rings is 4. The van der Waals surface area contributed by atoms with Crippen molar-refractivity contribution < 1.29 is 38.2 Å². The Morgan fingerprint density at radius 2 is 1.22 bits per heavy atom. The molecule has 258 valence electrons. The summed E-state index contributed by atoms with van der Waals surface area (Å²) >= 11 is 0. The molecule has 2 aliphatic rings. The molecular formula is C40H35N2O8P. The second-order valence-corrected chi connectivity index (χ2v) is 15.2. The maximum Gasteiger partial charge on any atom is 0.356 e. The number of carbonyl (C=O) groups is 6. The number of hydrogen-bond donors (Lipinski definition) is 0. The summed E-state index contributed by atoms with van der Waals surface area (Å²) in [5.74, 6) is -4.58. The highest BCUT2D eigenvalue weighted by Gasteiger charge is 2.63. The van der Waals surface area contributed by atoms with Gasteiger partial charge in [-0.15, -0.1) is 0 Å². The number of esters is 2. The van der Waals surface area contributed by atoms with Crippen LogP contribution in [0.25, 0.3) is 0 Å². The molecule has 6 rings (SSSR count). The molecule has 1 unspecified atom stereocenters. The minimum Gasteiger partial charge on any atom is -0.457 e. The predicted octanol–water partition coefficient (Wildman–Crippen LogP) is 3.63. The van der Waals surface area contributed by atoms with E-state index < -0.39 is 60.5 Å². The lowest BCUT2D eigenvalue weighted by molar-refractivity contribution is -0.170. The summed E-state index contributed by atoms with van der Waals surface area (Å²) in [6.07, 6.45) is -0.369. The van der Waals surface area contributed by atoms with Crippen molar-refractivity contribution in [1.29, 1.82) is 0 Å². The molecule has 0 N–H and O–H groups in total. The number of hydrogen-bond acceptors (Lipinski definition) is 8. The number of β-lactam (4-membered cyclic amide) rings is 1. The number of fused-ring (bicyclic) bond motifs is 1. The highest BCUT2D eigenvalue weighted by molar-refractivity contribution is 7.96. The summed E-state index contributed by atoms with van der Waals surface area (Å²) in [4.78, 5) is 85.8. The molecule has 0 saturated carbocycles. The molecule has 0 aromatic heterocycles. The monoisotopic (exact) mass is 702 g/mol. The molecular weight excluding hydrogens is 667 g/mol. The third-order valence-electron chi connectivity index (χ3n) is 8.98. The third-order valence-corrected chi connectivity index (χ3v) is 13.2. The second kappa shape index (κ2) is 14.5. The Balaban J connectivity index is 1.74. The van der Waals surface area contributed by atoms with E-state index in [1.807, 2.05) is 91.0 Å². The summed E-state index contributed by atoms with van der Waals surface area (Å²) in [7, 11) is 0. The van der Waals surface area contributed by atoms with Crippen LogP contribution in [0.4, 0.5) is 0 Å². The summed E-state index contributed by atoms with van der Waals surface area (Å²) in [6.45, 7) is 2.73. The van der Waals surface area contributed by atoms with Crippen molar-refractivity contribution in [1.82, 2.24) is 9.80 Å². The van der Waals surface area contributed by atoms with Gasteiger partial charge in [-0.25, -0.2) is 4.79 Å². The van der Waals surface area contributed by atoms with Crippen molar-refractivity contribution >= 4 is 63.7 Å².